The second kappa shape index (κ2) is 11.0. The van der Waals surface area contributed by atoms with Crippen molar-refractivity contribution in [1.29, 1.82) is 0 Å². The molecule has 0 aromatic heterocycles. The summed E-state index contributed by atoms with van der Waals surface area (Å²) >= 11 is 0. The smallest absolute Gasteiger partial charge is 0.251 e. The Labute approximate surface area is 184 Å². The molecule has 0 saturated heterocycles. The van der Waals surface area contributed by atoms with Crippen LogP contribution in [0.3, 0.4) is 0 Å². The molecule has 1 aliphatic carbocycles. The van der Waals surface area contributed by atoms with E-state index in [4.69, 9.17) is 0 Å². The molecule has 0 saturated carbocycles. The van der Waals surface area contributed by atoms with Crippen LogP contribution in [0.1, 0.15) is 39.0 Å². The SMILES string of the molecule is CN=C(NCCc1cccc(C(=O)NC)c1)NCc1ccc2c(c1)CCC2.I. The minimum Gasteiger partial charge on any atom is -0.356 e. The van der Waals surface area contributed by atoms with Crippen LogP contribution >= 0.6 is 24.0 Å². The second-order valence-corrected chi connectivity index (χ2v) is 6.84. The lowest BCUT2D eigenvalue weighted by Gasteiger charge is -2.13. The van der Waals surface area contributed by atoms with E-state index in [9.17, 15) is 4.79 Å². The lowest BCUT2D eigenvalue weighted by Crippen LogP contribution is -2.37. The molecule has 0 heterocycles. The zero-order chi connectivity index (χ0) is 19.1. The first kappa shape index (κ1) is 22.2. The van der Waals surface area contributed by atoms with Crippen LogP contribution in [0.4, 0.5) is 0 Å². The van der Waals surface area contributed by atoms with Crippen molar-refractivity contribution in [3.8, 4) is 0 Å². The van der Waals surface area contributed by atoms with Crippen LogP contribution in [0.5, 0.6) is 0 Å². The molecule has 3 rings (SSSR count). The average molecular weight is 492 g/mol. The minimum absolute atomic E-state index is 0. The molecule has 1 amide bonds. The summed E-state index contributed by atoms with van der Waals surface area (Å²) in [6.07, 6.45) is 4.51. The van der Waals surface area contributed by atoms with Crippen molar-refractivity contribution in [3.05, 3.63) is 70.3 Å². The molecule has 6 heteroatoms. The molecule has 2 aromatic rings. The molecule has 28 heavy (non-hydrogen) atoms. The summed E-state index contributed by atoms with van der Waals surface area (Å²) in [6.45, 7) is 1.51. The van der Waals surface area contributed by atoms with Crippen LogP contribution in [0.25, 0.3) is 0 Å². The van der Waals surface area contributed by atoms with Gasteiger partial charge in [-0.1, -0.05) is 30.3 Å². The molecule has 0 atom stereocenters. The Morgan fingerprint density at radius 2 is 1.86 bits per heavy atom. The fourth-order valence-electron chi connectivity index (χ4n) is 3.48. The maximum atomic E-state index is 11.7. The third kappa shape index (κ3) is 5.95. The number of benzene rings is 2. The van der Waals surface area contributed by atoms with Gasteiger partial charge in [-0.05, 0) is 60.1 Å². The van der Waals surface area contributed by atoms with Gasteiger partial charge in [-0.3, -0.25) is 9.79 Å². The van der Waals surface area contributed by atoms with Crippen LogP contribution in [0, 0.1) is 0 Å². The van der Waals surface area contributed by atoms with Crippen molar-refractivity contribution in [2.24, 2.45) is 4.99 Å². The molecule has 5 nitrogen and oxygen atoms in total. The van der Waals surface area contributed by atoms with Gasteiger partial charge < -0.3 is 16.0 Å². The van der Waals surface area contributed by atoms with Crippen molar-refractivity contribution in [3.63, 3.8) is 0 Å². The second-order valence-electron chi connectivity index (χ2n) is 6.84. The third-order valence-electron chi connectivity index (χ3n) is 4.97. The van der Waals surface area contributed by atoms with E-state index in [1.54, 1.807) is 14.1 Å². The van der Waals surface area contributed by atoms with E-state index >= 15 is 0 Å². The highest BCUT2D eigenvalue weighted by Gasteiger charge is 2.10. The maximum absolute atomic E-state index is 11.7. The van der Waals surface area contributed by atoms with Gasteiger partial charge in [-0.2, -0.15) is 0 Å². The summed E-state index contributed by atoms with van der Waals surface area (Å²) in [7, 11) is 3.43. The van der Waals surface area contributed by atoms with Crippen molar-refractivity contribution in [2.75, 3.05) is 20.6 Å². The number of carbonyl (C=O) groups is 1. The summed E-state index contributed by atoms with van der Waals surface area (Å²) in [6, 6.07) is 14.5. The van der Waals surface area contributed by atoms with Crippen molar-refractivity contribution >= 4 is 35.8 Å². The molecule has 2 aromatic carbocycles. The summed E-state index contributed by atoms with van der Waals surface area (Å²) in [5.74, 6) is 0.731. The first-order valence-corrected chi connectivity index (χ1v) is 9.56. The van der Waals surface area contributed by atoms with Crippen LogP contribution in [0.2, 0.25) is 0 Å². The van der Waals surface area contributed by atoms with Crippen LogP contribution in [-0.2, 0) is 25.8 Å². The largest absolute Gasteiger partial charge is 0.356 e. The highest BCUT2D eigenvalue weighted by Crippen LogP contribution is 2.22. The molecular formula is C22H29IN4O. The first-order chi connectivity index (χ1) is 13.2. The number of nitrogens with one attached hydrogen (secondary N) is 3. The van der Waals surface area contributed by atoms with Crippen molar-refractivity contribution in [1.82, 2.24) is 16.0 Å². The van der Waals surface area contributed by atoms with E-state index in [-0.39, 0.29) is 29.9 Å². The number of hydrogen-bond donors (Lipinski definition) is 3. The quantitative estimate of drug-likeness (QED) is 0.330. The molecular weight excluding hydrogens is 463 g/mol. The molecule has 150 valence electrons. The number of aryl methyl sites for hydroxylation is 2. The molecule has 0 aliphatic heterocycles. The molecule has 0 fully saturated rings. The Bertz CT molecular complexity index is 835. The Balaban J connectivity index is 0.00000280. The standard InChI is InChI=1S/C22H28N4O.HI/c1-23-21(27)20-8-3-5-16(13-20)11-12-25-22(24-2)26-15-17-9-10-18-6-4-7-19(18)14-17;/h3,5,8-10,13-14H,4,6-7,11-12,15H2,1-2H3,(H,23,27)(H2,24,25,26);1H. The van der Waals surface area contributed by atoms with Gasteiger partial charge in [-0.15, -0.1) is 24.0 Å². The van der Waals surface area contributed by atoms with E-state index < -0.39 is 0 Å². The molecule has 0 unspecified atom stereocenters. The first-order valence-electron chi connectivity index (χ1n) is 9.56. The number of fused-ring (bicyclic) bond motifs is 1. The number of rotatable bonds is 6. The van der Waals surface area contributed by atoms with Gasteiger partial charge in [-0.25, -0.2) is 0 Å². The van der Waals surface area contributed by atoms with Crippen LogP contribution in [-0.4, -0.2) is 32.5 Å². The number of aliphatic imine (C=N–C) groups is 1. The van der Waals surface area contributed by atoms with Gasteiger partial charge in [0.1, 0.15) is 0 Å². The summed E-state index contributed by atoms with van der Waals surface area (Å²) < 4.78 is 0. The zero-order valence-electron chi connectivity index (χ0n) is 16.5. The average Bonchev–Trinajstić information content (AvgIpc) is 3.18. The van der Waals surface area contributed by atoms with E-state index in [0.29, 0.717) is 5.56 Å². The van der Waals surface area contributed by atoms with Crippen LogP contribution in [0.15, 0.2) is 47.5 Å². The number of carbonyl (C=O) groups excluding carboxylic acids is 1. The number of guanidine groups is 1. The fraction of sp³-hybridized carbons (Fsp3) is 0.364. The zero-order valence-corrected chi connectivity index (χ0v) is 18.9. The Morgan fingerprint density at radius 3 is 2.64 bits per heavy atom. The topological polar surface area (TPSA) is 65.5 Å². The Hall–Kier alpha value is -2.09. The van der Waals surface area contributed by atoms with Crippen molar-refractivity contribution in [2.45, 2.75) is 32.2 Å². The van der Waals surface area contributed by atoms with Gasteiger partial charge in [0.15, 0.2) is 5.96 Å². The van der Waals surface area contributed by atoms with Gasteiger partial charge in [0.05, 0.1) is 0 Å². The minimum atomic E-state index is -0.0587. The normalized spacial score (nSPS) is 12.7. The van der Waals surface area contributed by atoms with E-state index in [0.717, 1.165) is 31.0 Å². The summed E-state index contributed by atoms with van der Waals surface area (Å²) in [4.78, 5) is 16.0. The lowest BCUT2D eigenvalue weighted by molar-refractivity contribution is 0.0963. The van der Waals surface area contributed by atoms with E-state index in [1.807, 2.05) is 24.3 Å². The number of nitrogens with zero attached hydrogens (tertiary/aromatic N) is 1. The Kier molecular flexibility index (Phi) is 8.76. The van der Waals surface area contributed by atoms with E-state index in [2.05, 4.69) is 39.1 Å². The molecule has 0 radical (unpaired) electrons. The highest BCUT2D eigenvalue weighted by atomic mass is 127. The van der Waals surface area contributed by atoms with E-state index in [1.165, 1.54) is 36.0 Å². The third-order valence-corrected chi connectivity index (χ3v) is 4.97. The van der Waals surface area contributed by atoms with Crippen molar-refractivity contribution < 1.29 is 4.79 Å². The highest BCUT2D eigenvalue weighted by molar-refractivity contribution is 14.0. The molecule has 0 spiro atoms. The predicted octanol–water partition coefficient (Wildman–Crippen LogP) is 3.06. The number of amides is 1. The lowest BCUT2D eigenvalue weighted by atomic mass is 10.1. The van der Waals surface area contributed by atoms with Crippen LogP contribution < -0.4 is 16.0 Å². The number of hydrogen-bond acceptors (Lipinski definition) is 2. The fourth-order valence-corrected chi connectivity index (χ4v) is 3.48. The Morgan fingerprint density at radius 1 is 1.04 bits per heavy atom. The van der Waals surface area contributed by atoms with Gasteiger partial charge in [0.2, 0.25) is 0 Å². The molecule has 0 bridgehead atoms. The summed E-state index contributed by atoms with van der Waals surface area (Å²) in [5.41, 5.74) is 6.09. The maximum Gasteiger partial charge on any atom is 0.251 e. The van der Waals surface area contributed by atoms with Gasteiger partial charge in [0, 0.05) is 32.7 Å². The molecule has 1 aliphatic rings. The van der Waals surface area contributed by atoms with Gasteiger partial charge in [0.25, 0.3) is 5.91 Å². The predicted molar refractivity (Wildman–Crippen MR) is 126 cm³/mol. The monoisotopic (exact) mass is 492 g/mol. The molecule has 3 N–H and O–H groups in total. The summed E-state index contributed by atoms with van der Waals surface area (Å²) in [5, 5.41) is 9.37. The number of halogens is 1. The van der Waals surface area contributed by atoms with Gasteiger partial charge >= 0.3 is 0 Å².